The van der Waals surface area contributed by atoms with Crippen molar-refractivity contribution in [3.05, 3.63) is 76.3 Å². The van der Waals surface area contributed by atoms with Crippen LogP contribution in [0.4, 0.5) is 4.39 Å². The average molecular weight is 332 g/mol. The lowest BCUT2D eigenvalue weighted by Gasteiger charge is -2.15. The third kappa shape index (κ3) is 2.21. The number of nitrogens with zero attached hydrogens (tertiary/aromatic N) is 1. The first kappa shape index (κ1) is 13.2. The fraction of sp³-hybridized carbons (Fsp3) is 0.0625. The summed E-state index contributed by atoms with van der Waals surface area (Å²) in [6, 6.07) is 12.3. The lowest BCUT2D eigenvalue weighted by molar-refractivity contribution is 0.220. The van der Waals surface area contributed by atoms with Crippen LogP contribution in [0, 0.1) is 5.82 Å². The lowest BCUT2D eigenvalue weighted by atomic mass is 9.98. The first-order valence-electron chi connectivity index (χ1n) is 6.13. The van der Waals surface area contributed by atoms with Crippen molar-refractivity contribution in [2.45, 2.75) is 6.10 Å². The van der Waals surface area contributed by atoms with Crippen LogP contribution in [0.15, 0.2) is 59.3 Å². The second-order valence-corrected chi connectivity index (χ2v) is 5.29. The van der Waals surface area contributed by atoms with Crippen LogP contribution in [-0.2, 0) is 0 Å². The third-order valence-electron chi connectivity index (χ3n) is 3.27. The first-order valence-corrected chi connectivity index (χ1v) is 6.92. The molecule has 0 saturated heterocycles. The van der Waals surface area contributed by atoms with E-state index < -0.39 is 11.9 Å². The Labute approximate surface area is 124 Å². The molecular formula is C16H11BrFNO. The highest BCUT2D eigenvalue weighted by Crippen LogP contribution is 2.33. The zero-order valence-corrected chi connectivity index (χ0v) is 12.0. The number of aliphatic hydroxyl groups excluding tert-OH is 1. The number of aromatic nitrogens is 1. The molecule has 1 heterocycles. The molecule has 0 aliphatic carbocycles. The number of fused-ring (bicyclic) bond motifs is 1. The van der Waals surface area contributed by atoms with Crippen LogP contribution in [-0.4, -0.2) is 10.1 Å². The number of hydrogen-bond donors (Lipinski definition) is 1. The van der Waals surface area contributed by atoms with Crippen LogP contribution in [0.25, 0.3) is 10.8 Å². The zero-order valence-electron chi connectivity index (χ0n) is 10.4. The molecule has 100 valence electrons. The van der Waals surface area contributed by atoms with Gasteiger partial charge in [0.2, 0.25) is 0 Å². The van der Waals surface area contributed by atoms with Gasteiger partial charge >= 0.3 is 0 Å². The Hall–Kier alpha value is -1.78. The Kier molecular flexibility index (Phi) is 3.51. The van der Waals surface area contributed by atoms with E-state index in [1.165, 1.54) is 6.07 Å². The lowest BCUT2D eigenvalue weighted by Crippen LogP contribution is -2.03. The Morgan fingerprint density at radius 3 is 2.65 bits per heavy atom. The summed E-state index contributed by atoms with van der Waals surface area (Å²) in [7, 11) is 0. The number of pyridine rings is 1. The average Bonchev–Trinajstić information content (AvgIpc) is 2.49. The topological polar surface area (TPSA) is 33.1 Å². The molecule has 2 nitrogen and oxygen atoms in total. The Morgan fingerprint density at radius 1 is 1.00 bits per heavy atom. The molecule has 4 heteroatoms. The van der Waals surface area contributed by atoms with E-state index in [1.54, 1.807) is 24.5 Å². The van der Waals surface area contributed by atoms with Crippen LogP contribution in [0.2, 0.25) is 0 Å². The van der Waals surface area contributed by atoms with Gasteiger partial charge in [-0.2, -0.15) is 0 Å². The van der Waals surface area contributed by atoms with E-state index in [-0.39, 0.29) is 4.47 Å². The van der Waals surface area contributed by atoms with Gasteiger partial charge < -0.3 is 5.11 Å². The van der Waals surface area contributed by atoms with Gasteiger partial charge in [0.1, 0.15) is 11.9 Å². The minimum absolute atomic E-state index is 0.278. The van der Waals surface area contributed by atoms with Gasteiger partial charge in [0.05, 0.1) is 4.47 Å². The fourth-order valence-corrected chi connectivity index (χ4v) is 2.74. The van der Waals surface area contributed by atoms with Gasteiger partial charge in [0.15, 0.2) is 0 Å². The predicted octanol–water partition coefficient (Wildman–Crippen LogP) is 4.22. The molecule has 20 heavy (non-hydrogen) atoms. The van der Waals surface area contributed by atoms with E-state index in [2.05, 4.69) is 20.9 Å². The van der Waals surface area contributed by atoms with Gasteiger partial charge in [-0.1, -0.05) is 36.4 Å². The maximum atomic E-state index is 13.6. The summed E-state index contributed by atoms with van der Waals surface area (Å²) in [6.45, 7) is 0. The molecule has 0 saturated carbocycles. The molecule has 1 unspecified atom stereocenters. The molecule has 0 aliphatic rings. The van der Waals surface area contributed by atoms with Crippen molar-refractivity contribution in [3.63, 3.8) is 0 Å². The Morgan fingerprint density at radius 2 is 1.80 bits per heavy atom. The molecule has 0 radical (unpaired) electrons. The van der Waals surface area contributed by atoms with Crippen LogP contribution in [0.1, 0.15) is 17.2 Å². The smallest absolute Gasteiger partial charge is 0.137 e. The fourth-order valence-electron chi connectivity index (χ4n) is 2.26. The van der Waals surface area contributed by atoms with Gasteiger partial charge in [-0.25, -0.2) is 4.39 Å². The van der Waals surface area contributed by atoms with Crippen LogP contribution < -0.4 is 0 Å². The molecule has 0 bridgehead atoms. The Bertz CT molecular complexity index is 770. The van der Waals surface area contributed by atoms with Crippen molar-refractivity contribution < 1.29 is 9.50 Å². The van der Waals surface area contributed by atoms with E-state index in [0.717, 1.165) is 10.8 Å². The summed E-state index contributed by atoms with van der Waals surface area (Å²) >= 11 is 3.19. The van der Waals surface area contributed by atoms with E-state index in [4.69, 9.17) is 0 Å². The van der Waals surface area contributed by atoms with Gasteiger partial charge in [-0.3, -0.25) is 4.98 Å². The Balaban J connectivity index is 2.18. The van der Waals surface area contributed by atoms with E-state index in [1.807, 2.05) is 24.3 Å². The van der Waals surface area contributed by atoms with Crippen LogP contribution in [0.5, 0.6) is 0 Å². The predicted molar refractivity (Wildman–Crippen MR) is 79.9 cm³/mol. The molecule has 1 atom stereocenters. The highest BCUT2D eigenvalue weighted by molar-refractivity contribution is 9.10. The second kappa shape index (κ2) is 5.31. The highest BCUT2D eigenvalue weighted by atomic mass is 79.9. The first-order chi connectivity index (χ1) is 9.68. The monoisotopic (exact) mass is 331 g/mol. The maximum absolute atomic E-state index is 13.6. The van der Waals surface area contributed by atoms with Gasteiger partial charge in [0.25, 0.3) is 0 Å². The standard InChI is InChI=1S/C16H11BrFNO/c17-15-12(6-3-7-14(15)18)16(20)13-9-19-8-10-4-1-2-5-11(10)13/h1-9,16,20H. The number of aliphatic hydroxyl groups is 1. The van der Waals surface area contributed by atoms with Gasteiger partial charge in [-0.15, -0.1) is 0 Å². The number of halogens is 2. The minimum Gasteiger partial charge on any atom is -0.384 e. The van der Waals surface area contributed by atoms with Crippen molar-refractivity contribution in [1.82, 2.24) is 4.98 Å². The molecule has 0 amide bonds. The summed E-state index contributed by atoms with van der Waals surface area (Å²) in [6.07, 6.45) is 2.43. The van der Waals surface area contributed by atoms with Crippen molar-refractivity contribution in [3.8, 4) is 0 Å². The zero-order chi connectivity index (χ0) is 14.1. The normalized spacial score (nSPS) is 12.6. The molecule has 3 rings (SSSR count). The summed E-state index contributed by atoms with van der Waals surface area (Å²) in [5, 5.41) is 12.4. The summed E-state index contributed by atoms with van der Waals surface area (Å²) in [4.78, 5) is 4.14. The van der Waals surface area contributed by atoms with Crippen LogP contribution in [0.3, 0.4) is 0 Å². The van der Waals surface area contributed by atoms with Gasteiger partial charge in [0, 0.05) is 28.9 Å². The van der Waals surface area contributed by atoms with Crippen molar-refractivity contribution in [1.29, 1.82) is 0 Å². The highest BCUT2D eigenvalue weighted by Gasteiger charge is 2.18. The minimum atomic E-state index is -0.932. The van der Waals surface area contributed by atoms with E-state index >= 15 is 0 Å². The van der Waals surface area contributed by atoms with E-state index in [9.17, 15) is 9.50 Å². The third-order valence-corrected chi connectivity index (χ3v) is 4.11. The molecule has 0 aliphatic heterocycles. The number of rotatable bonds is 2. The molecular weight excluding hydrogens is 321 g/mol. The quantitative estimate of drug-likeness (QED) is 0.762. The molecule has 1 N–H and O–H groups in total. The summed E-state index contributed by atoms with van der Waals surface area (Å²) < 4.78 is 13.9. The molecule has 2 aromatic carbocycles. The SMILES string of the molecule is OC(c1cccc(F)c1Br)c1cncc2ccccc12. The molecule has 3 aromatic rings. The summed E-state index contributed by atoms with van der Waals surface area (Å²) in [5.74, 6) is -0.394. The van der Waals surface area contributed by atoms with Crippen molar-refractivity contribution in [2.75, 3.05) is 0 Å². The molecule has 0 spiro atoms. The largest absolute Gasteiger partial charge is 0.384 e. The van der Waals surface area contributed by atoms with Gasteiger partial charge in [-0.05, 0) is 27.4 Å². The number of benzene rings is 2. The van der Waals surface area contributed by atoms with E-state index in [0.29, 0.717) is 11.1 Å². The second-order valence-electron chi connectivity index (χ2n) is 4.50. The maximum Gasteiger partial charge on any atom is 0.137 e. The number of hydrogen-bond acceptors (Lipinski definition) is 2. The van der Waals surface area contributed by atoms with Crippen molar-refractivity contribution in [2.24, 2.45) is 0 Å². The molecule has 0 fully saturated rings. The molecule has 1 aromatic heterocycles. The van der Waals surface area contributed by atoms with Crippen molar-refractivity contribution >= 4 is 26.7 Å². The van der Waals surface area contributed by atoms with Crippen LogP contribution >= 0.6 is 15.9 Å². The summed E-state index contributed by atoms with van der Waals surface area (Å²) in [5.41, 5.74) is 1.15.